The first-order valence-electron chi connectivity index (χ1n) is 6.88. The lowest BCUT2D eigenvalue weighted by Crippen LogP contribution is -2.42. The van der Waals surface area contributed by atoms with Gasteiger partial charge in [0.25, 0.3) is 10.0 Å². The van der Waals surface area contributed by atoms with Gasteiger partial charge >= 0.3 is 0 Å². The van der Waals surface area contributed by atoms with Gasteiger partial charge in [0, 0.05) is 13.6 Å². The number of sulfonamides is 1. The standard InChI is InChI=1S/C16H15N3O2S/c1-18-10-11-19(15-8-4-3-7-14(15)18)22(20,21)16-9-5-2-6-13(16)12-17/h2-9H,10-11H2,1H3. The molecule has 0 bridgehead atoms. The van der Waals surface area contributed by atoms with Crippen molar-refractivity contribution in [3.05, 3.63) is 54.1 Å². The quantitative estimate of drug-likeness (QED) is 0.852. The zero-order valence-corrected chi connectivity index (χ0v) is 12.9. The number of fused-ring (bicyclic) bond motifs is 1. The van der Waals surface area contributed by atoms with Gasteiger partial charge in [0.1, 0.15) is 11.0 Å². The van der Waals surface area contributed by atoms with E-state index in [1.165, 1.54) is 16.4 Å². The van der Waals surface area contributed by atoms with Crippen LogP contribution < -0.4 is 9.21 Å². The number of nitriles is 1. The molecule has 0 fully saturated rings. The molecular weight excluding hydrogens is 298 g/mol. The highest BCUT2D eigenvalue weighted by molar-refractivity contribution is 7.93. The molecule has 0 amide bonds. The fraction of sp³-hybridized carbons (Fsp3) is 0.188. The zero-order valence-electron chi connectivity index (χ0n) is 12.1. The zero-order chi connectivity index (χ0) is 15.7. The van der Waals surface area contributed by atoms with Crippen LogP contribution in [0.5, 0.6) is 0 Å². The third-order valence-electron chi connectivity index (χ3n) is 3.78. The lowest BCUT2D eigenvalue weighted by Gasteiger charge is -2.36. The average Bonchev–Trinajstić information content (AvgIpc) is 2.55. The molecule has 0 radical (unpaired) electrons. The van der Waals surface area contributed by atoms with E-state index < -0.39 is 10.0 Å². The average molecular weight is 313 g/mol. The Hall–Kier alpha value is -2.52. The Balaban J connectivity index is 2.16. The summed E-state index contributed by atoms with van der Waals surface area (Å²) < 4.78 is 27.4. The normalized spacial score (nSPS) is 14.4. The summed E-state index contributed by atoms with van der Waals surface area (Å²) in [5.74, 6) is 0. The van der Waals surface area contributed by atoms with E-state index in [2.05, 4.69) is 0 Å². The van der Waals surface area contributed by atoms with E-state index in [9.17, 15) is 13.7 Å². The van der Waals surface area contributed by atoms with E-state index in [-0.39, 0.29) is 10.5 Å². The topological polar surface area (TPSA) is 64.4 Å². The highest BCUT2D eigenvalue weighted by Crippen LogP contribution is 2.35. The maximum Gasteiger partial charge on any atom is 0.265 e. The first kappa shape index (κ1) is 14.4. The van der Waals surface area contributed by atoms with Crippen molar-refractivity contribution < 1.29 is 8.42 Å². The molecule has 3 rings (SSSR count). The third kappa shape index (κ3) is 2.20. The fourth-order valence-electron chi connectivity index (χ4n) is 2.63. The van der Waals surface area contributed by atoms with Crippen LogP contribution in [0.1, 0.15) is 5.56 Å². The molecule has 0 atom stereocenters. The van der Waals surface area contributed by atoms with E-state index in [1.54, 1.807) is 18.2 Å². The molecule has 0 aliphatic carbocycles. The molecule has 0 aromatic heterocycles. The van der Waals surface area contributed by atoms with Crippen LogP contribution >= 0.6 is 0 Å². The van der Waals surface area contributed by atoms with Gasteiger partial charge in [-0.05, 0) is 24.3 Å². The largest absolute Gasteiger partial charge is 0.371 e. The summed E-state index contributed by atoms with van der Waals surface area (Å²) in [6.45, 7) is 0.959. The van der Waals surface area contributed by atoms with E-state index in [4.69, 9.17) is 0 Å². The van der Waals surface area contributed by atoms with Crippen molar-refractivity contribution in [3.63, 3.8) is 0 Å². The van der Waals surface area contributed by atoms with Crippen molar-refractivity contribution in [1.29, 1.82) is 5.26 Å². The van der Waals surface area contributed by atoms with Gasteiger partial charge in [-0.3, -0.25) is 4.31 Å². The lowest BCUT2D eigenvalue weighted by molar-refractivity contribution is 0.589. The molecule has 0 N–H and O–H groups in total. The van der Waals surface area contributed by atoms with E-state index in [0.717, 1.165) is 5.69 Å². The Bertz CT molecular complexity index is 856. The molecule has 5 nitrogen and oxygen atoms in total. The summed E-state index contributed by atoms with van der Waals surface area (Å²) in [5, 5.41) is 9.18. The van der Waals surface area contributed by atoms with Crippen molar-refractivity contribution in [2.45, 2.75) is 4.90 Å². The predicted molar refractivity (Wildman–Crippen MR) is 85.4 cm³/mol. The van der Waals surface area contributed by atoms with Gasteiger partial charge in [0.2, 0.25) is 0 Å². The second-order valence-corrected chi connectivity index (χ2v) is 6.93. The summed E-state index contributed by atoms with van der Waals surface area (Å²) in [6.07, 6.45) is 0. The van der Waals surface area contributed by atoms with E-state index >= 15 is 0 Å². The summed E-state index contributed by atoms with van der Waals surface area (Å²) in [7, 11) is -1.82. The number of nitrogens with zero attached hydrogens (tertiary/aromatic N) is 3. The van der Waals surface area contributed by atoms with Gasteiger partial charge in [-0.15, -0.1) is 0 Å². The van der Waals surface area contributed by atoms with Crippen LogP contribution in [0.3, 0.4) is 0 Å². The van der Waals surface area contributed by atoms with Crippen LogP contribution in [0.15, 0.2) is 53.4 Å². The van der Waals surface area contributed by atoms with Crippen LogP contribution in [0.25, 0.3) is 0 Å². The van der Waals surface area contributed by atoms with E-state index in [0.29, 0.717) is 18.8 Å². The number of anilines is 2. The summed E-state index contributed by atoms with van der Waals surface area (Å²) in [6, 6.07) is 15.6. The first-order valence-corrected chi connectivity index (χ1v) is 8.32. The molecule has 0 saturated heterocycles. The Labute approximate surface area is 130 Å². The molecule has 1 aliphatic rings. The van der Waals surface area contributed by atoms with Crippen molar-refractivity contribution in [2.75, 3.05) is 29.3 Å². The third-order valence-corrected chi connectivity index (χ3v) is 5.65. The molecular formula is C16H15N3O2S. The molecule has 6 heteroatoms. The highest BCUT2D eigenvalue weighted by atomic mass is 32.2. The molecule has 0 saturated carbocycles. The SMILES string of the molecule is CN1CCN(S(=O)(=O)c2ccccc2C#N)c2ccccc21. The maximum atomic E-state index is 13.0. The number of para-hydroxylation sites is 2. The predicted octanol–water partition coefficient (Wildman–Crippen LogP) is 2.20. The molecule has 2 aromatic rings. The van der Waals surface area contributed by atoms with Crippen molar-refractivity contribution >= 4 is 21.4 Å². The van der Waals surface area contributed by atoms with Crippen molar-refractivity contribution in [3.8, 4) is 6.07 Å². The van der Waals surface area contributed by atoms with Gasteiger partial charge in [0.05, 0.1) is 23.5 Å². The number of benzene rings is 2. The van der Waals surface area contributed by atoms with E-state index in [1.807, 2.05) is 36.2 Å². The minimum atomic E-state index is -3.76. The second kappa shape index (κ2) is 5.35. The van der Waals surface area contributed by atoms with Crippen LogP contribution in [0.2, 0.25) is 0 Å². The Morgan fingerprint density at radius 3 is 2.36 bits per heavy atom. The van der Waals surface area contributed by atoms with Gasteiger partial charge in [0.15, 0.2) is 0 Å². The van der Waals surface area contributed by atoms with Crippen molar-refractivity contribution in [1.82, 2.24) is 0 Å². The minimum absolute atomic E-state index is 0.0526. The van der Waals surface area contributed by atoms with Gasteiger partial charge < -0.3 is 4.90 Å². The fourth-order valence-corrected chi connectivity index (χ4v) is 4.25. The maximum absolute atomic E-state index is 13.0. The Morgan fingerprint density at radius 1 is 1.00 bits per heavy atom. The Kier molecular flexibility index (Phi) is 3.51. The van der Waals surface area contributed by atoms with Gasteiger partial charge in [-0.1, -0.05) is 24.3 Å². The van der Waals surface area contributed by atoms with Crippen LogP contribution in [-0.2, 0) is 10.0 Å². The molecule has 0 unspecified atom stereocenters. The minimum Gasteiger partial charge on any atom is -0.371 e. The Morgan fingerprint density at radius 2 is 1.64 bits per heavy atom. The van der Waals surface area contributed by atoms with Crippen LogP contribution in [0.4, 0.5) is 11.4 Å². The van der Waals surface area contributed by atoms with Crippen molar-refractivity contribution in [2.24, 2.45) is 0 Å². The molecule has 2 aromatic carbocycles. The molecule has 22 heavy (non-hydrogen) atoms. The smallest absolute Gasteiger partial charge is 0.265 e. The molecule has 1 heterocycles. The molecule has 112 valence electrons. The van der Waals surface area contributed by atoms with Crippen LogP contribution in [0, 0.1) is 11.3 Å². The first-order chi connectivity index (χ1) is 10.6. The highest BCUT2D eigenvalue weighted by Gasteiger charge is 2.32. The lowest BCUT2D eigenvalue weighted by atomic mass is 10.2. The summed E-state index contributed by atoms with van der Waals surface area (Å²) in [4.78, 5) is 2.08. The molecule has 1 aliphatic heterocycles. The summed E-state index contributed by atoms with van der Waals surface area (Å²) in [5.41, 5.74) is 1.68. The van der Waals surface area contributed by atoms with Gasteiger partial charge in [-0.25, -0.2) is 8.42 Å². The number of rotatable bonds is 2. The number of likely N-dealkylation sites (N-methyl/N-ethyl adjacent to an activating group) is 1. The monoisotopic (exact) mass is 313 g/mol. The number of hydrogen-bond acceptors (Lipinski definition) is 4. The second-order valence-electron chi connectivity index (χ2n) is 5.10. The molecule has 0 spiro atoms. The summed E-state index contributed by atoms with van der Waals surface area (Å²) >= 11 is 0. The number of hydrogen-bond donors (Lipinski definition) is 0. The van der Waals surface area contributed by atoms with Gasteiger partial charge in [-0.2, -0.15) is 5.26 Å². The van der Waals surface area contributed by atoms with Crippen LogP contribution in [-0.4, -0.2) is 28.6 Å².